The summed E-state index contributed by atoms with van der Waals surface area (Å²) in [5, 5.41) is 2.58. The van der Waals surface area contributed by atoms with Crippen molar-refractivity contribution >= 4 is 38.1 Å². The van der Waals surface area contributed by atoms with E-state index < -0.39 is 11.5 Å². The van der Waals surface area contributed by atoms with Gasteiger partial charge in [-0.3, -0.25) is 9.59 Å². The molecular weight excluding hydrogens is 357 g/mol. The smallest absolute Gasteiger partial charge is 0.282 e. The van der Waals surface area contributed by atoms with Crippen LogP contribution in [0, 0.1) is 5.82 Å². The number of aromatic nitrogens is 2. The predicted molar refractivity (Wildman–Crippen MR) is 97.8 cm³/mol. The third-order valence-electron chi connectivity index (χ3n) is 3.89. The van der Waals surface area contributed by atoms with Gasteiger partial charge in [0.1, 0.15) is 17.3 Å². The Labute approximate surface area is 150 Å². The Morgan fingerprint density at radius 1 is 1.27 bits per heavy atom. The van der Waals surface area contributed by atoms with Gasteiger partial charge in [0.15, 0.2) is 4.96 Å². The molecule has 2 heterocycles. The topological polar surface area (TPSA) is 72.7 Å². The number of benzene rings is 2. The van der Waals surface area contributed by atoms with Crippen LogP contribution in [0.15, 0.2) is 53.5 Å². The van der Waals surface area contributed by atoms with Gasteiger partial charge in [-0.25, -0.2) is 13.8 Å². The van der Waals surface area contributed by atoms with Crippen LogP contribution in [-0.2, 0) is 0 Å². The van der Waals surface area contributed by atoms with Gasteiger partial charge in [-0.05, 0) is 30.3 Å². The predicted octanol–water partition coefficient (Wildman–Crippen LogP) is 3.31. The van der Waals surface area contributed by atoms with Crippen LogP contribution in [0.4, 0.5) is 10.1 Å². The van der Waals surface area contributed by atoms with Crippen LogP contribution in [-0.4, -0.2) is 22.4 Å². The number of halogens is 1. The molecule has 0 aliphatic carbocycles. The number of anilines is 1. The molecule has 0 fully saturated rings. The highest BCUT2D eigenvalue weighted by Crippen LogP contribution is 2.25. The lowest BCUT2D eigenvalue weighted by Gasteiger charge is -2.08. The highest BCUT2D eigenvalue weighted by molar-refractivity contribution is 7.23. The molecule has 0 bridgehead atoms. The standard InChI is InChI=1S/C18H12FN3O3S/c1-25-14-5-3-2-4-11(14)16(23)21-12-9-20-18-22(17(12)24)13-7-6-10(19)8-15(13)26-18/h2-9H,1H3,(H,21,23). The number of fused-ring (bicyclic) bond motifs is 3. The number of nitrogens with zero attached hydrogens (tertiary/aromatic N) is 2. The van der Waals surface area contributed by atoms with Crippen molar-refractivity contribution in [3.05, 3.63) is 70.4 Å². The highest BCUT2D eigenvalue weighted by Gasteiger charge is 2.16. The zero-order chi connectivity index (χ0) is 18.3. The van der Waals surface area contributed by atoms with Gasteiger partial charge in [0.2, 0.25) is 0 Å². The number of hydrogen-bond acceptors (Lipinski definition) is 5. The lowest BCUT2D eigenvalue weighted by atomic mass is 10.2. The van der Waals surface area contributed by atoms with Gasteiger partial charge >= 0.3 is 0 Å². The van der Waals surface area contributed by atoms with Crippen molar-refractivity contribution in [2.45, 2.75) is 0 Å². The average Bonchev–Trinajstić information content (AvgIpc) is 3.02. The van der Waals surface area contributed by atoms with E-state index in [1.807, 2.05) is 0 Å². The van der Waals surface area contributed by atoms with Crippen molar-refractivity contribution < 1.29 is 13.9 Å². The van der Waals surface area contributed by atoms with E-state index in [-0.39, 0.29) is 11.5 Å². The molecule has 2 aromatic carbocycles. The van der Waals surface area contributed by atoms with Gasteiger partial charge in [0, 0.05) is 0 Å². The molecule has 1 amide bonds. The molecule has 2 aromatic heterocycles. The van der Waals surface area contributed by atoms with Gasteiger partial charge in [-0.1, -0.05) is 23.5 Å². The second kappa shape index (κ2) is 6.23. The first-order valence-electron chi connectivity index (χ1n) is 7.62. The number of rotatable bonds is 3. The zero-order valence-corrected chi connectivity index (χ0v) is 14.3. The Balaban J connectivity index is 1.80. The highest BCUT2D eigenvalue weighted by atomic mass is 32.1. The molecule has 130 valence electrons. The van der Waals surface area contributed by atoms with Crippen LogP contribution in [0.25, 0.3) is 15.2 Å². The zero-order valence-electron chi connectivity index (χ0n) is 13.5. The van der Waals surface area contributed by atoms with Crippen molar-refractivity contribution in [2.24, 2.45) is 0 Å². The monoisotopic (exact) mass is 369 g/mol. The fourth-order valence-corrected chi connectivity index (χ4v) is 3.69. The number of ether oxygens (including phenoxy) is 1. The van der Waals surface area contributed by atoms with Crippen LogP contribution >= 0.6 is 11.3 Å². The van der Waals surface area contributed by atoms with Gasteiger partial charge in [0.05, 0.1) is 29.1 Å². The second-order valence-corrected chi connectivity index (χ2v) is 6.47. The molecule has 0 spiro atoms. The maximum Gasteiger partial charge on any atom is 0.282 e. The summed E-state index contributed by atoms with van der Waals surface area (Å²) in [5.41, 5.74) is 0.438. The summed E-state index contributed by atoms with van der Waals surface area (Å²) in [6.07, 6.45) is 1.30. The summed E-state index contributed by atoms with van der Waals surface area (Å²) in [6.45, 7) is 0. The number of hydrogen-bond donors (Lipinski definition) is 1. The Morgan fingerprint density at radius 2 is 2.08 bits per heavy atom. The number of carbonyl (C=O) groups excluding carboxylic acids is 1. The molecule has 0 saturated heterocycles. The van der Waals surface area contributed by atoms with E-state index in [2.05, 4.69) is 10.3 Å². The van der Waals surface area contributed by atoms with E-state index in [1.165, 1.54) is 47.2 Å². The molecular formula is C18H12FN3O3S. The average molecular weight is 369 g/mol. The normalized spacial score (nSPS) is 11.0. The lowest BCUT2D eigenvalue weighted by Crippen LogP contribution is -2.23. The second-order valence-electron chi connectivity index (χ2n) is 5.46. The molecule has 8 heteroatoms. The first kappa shape index (κ1) is 16.2. The Bertz CT molecular complexity index is 1220. The van der Waals surface area contributed by atoms with Gasteiger partial charge < -0.3 is 10.1 Å². The number of carbonyl (C=O) groups is 1. The quantitative estimate of drug-likeness (QED) is 0.601. The van der Waals surface area contributed by atoms with Crippen molar-refractivity contribution in [3.8, 4) is 5.75 Å². The summed E-state index contributed by atoms with van der Waals surface area (Å²) < 4.78 is 20.5. The van der Waals surface area contributed by atoms with Crippen LogP contribution in [0.3, 0.4) is 0 Å². The van der Waals surface area contributed by atoms with Crippen LogP contribution in [0.5, 0.6) is 5.75 Å². The maximum atomic E-state index is 13.4. The van der Waals surface area contributed by atoms with E-state index in [1.54, 1.807) is 24.3 Å². The summed E-state index contributed by atoms with van der Waals surface area (Å²) in [4.78, 5) is 29.9. The third kappa shape index (κ3) is 2.60. The van der Waals surface area contributed by atoms with Crippen molar-refractivity contribution in [1.82, 2.24) is 9.38 Å². The molecule has 0 atom stereocenters. The largest absolute Gasteiger partial charge is 0.496 e. The maximum absolute atomic E-state index is 13.4. The van der Waals surface area contributed by atoms with Crippen molar-refractivity contribution in [1.29, 1.82) is 0 Å². The first-order valence-corrected chi connectivity index (χ1v) is 8.44. The molecule has 0 saturated carbocycles. The summed E-state index contributed by atoms with van der Waals surface area (Å²) >= 11 is 1.20. The fraction of sp³-hybridized carbons (Fsp3) is 0.0556. The van der Waals surface area contributed by atoms with E-state index in [0.717, 1.165) is 0 Å². The van der Waals surface area contributed by atoms with E-state index in [9.17, 15) is 14.0 Å². The molecule has 0 aliphatic rings. The number of methoxy groups -OCH3 is 1. The fourth-order valence-electron chi connectivity index (χ4n) is 2.68. The molecule has 0 aliphatic heterocycles. The molecule has 4 rings (SSSR count). The summed E-state index contributed by atoms with van der Waals surface area (Å²) in [6, 6.07) is 10.8. The minimum absolute atomic E-state index is 0.0300. The Kier molecular flexibility index (Phi) is 3.89. The first-order chi connectivity index (χ1) is 12.6. The Morgan fingerprint density at radius 3 is 2.88 bits per heavy atom. The SMILES string of the molecule is COc1ccccc1C(=O)Nc1cnc2sc3cc(F)ccc3n2c1=O. The number of thiazole rings is 1. The lowest BCUT2D eigenvalue weighted by molar-refractivity contribution is 0.102. The molecule has 26 heavy (non-hydrogen) atoms. The minimum atomic E-state index is -0.480. The summed E-state index contributed by atoms with van der Waals surface area (Å²) in [5.74, 6) is -0.468. The number of nitrogens with one attached hydrogen (secondary N) is 1. The van der Waals surface area contributed by atoms with E-state index in [0.29, 0.717) is 26.5 Å². The molecule has 1 N–H and O–H groups in total. The Hall–Kier alpha value is -3.26. The minimum Gasteiger partial charge on any atom is -0.496 e. The third-order valence-corrected chi connectivity index (χ3v) is 4.91. The van der Waals surface area contributed by atoms with Crippen molar-refractivity contribution in [2.75, 3.05) is 12.4 Å². The van der Waals surface area contributed by atoms with Crippen LogP contribution < -0.4 is 15.6 Å². The van der Waals surface area contributed by atoms with Crippen LogP contribution in [0.2, 0.25) is 0 Å². The van der Waals surface area contributed by atoms with Gasteiger partial charge in [0.25, 0.3) is 11.5 Å². The molecule has 6 nitrogen and oxygen atoms in total. The van der Waals surface area contributed by atoms with Crippen LogP contribution in [0.1, 0.15) is 10.4 Å². The number of amides is 1. The van der Waals surface area contributed by atoms with E-state index >= 15 is 0 Å². The molecule has 0 radical (unpaired) electrons. The molecule has 4 aromatic rings. The summed E-state index contributed by atoms with van der Waals surface area (Å²) in [7, 11) is 1.46. The van der Waals surface area contributed by atoms with Crippen molar-refractivity contribution in [3.63, 3.8) is 0 Å². The molecule has 0 unspecified atom stereocenters. The number of para-hydroxylation sites is 1. The van der Waals surface area contributed by atoms with Gasteiger partial charge in [-0.15, -0.1) is 0 Å². The van der Waals surface area contributed by atoms with Gasteiger partial charge in [-0.2, -0.15) is 0 Å². The van der Waals surface area contributed by atoms with E-state index in [4.69, 9.17) is 4.74 Å².